The van der Waals surface area contributed by atoms with Crippen LogP contribution >= 0.6 is 23.1 Å². The van der Waals surface area contributed by atoms with Crippen molar-refractivity contribution in [3.8, 4) is 0 Å². The molecule has 0 unspecified atom stereocenters. The fraction of sp³-hybridized carbons (Fsp3) is 0.167. The summed E-state index contributed by atoms with van der Waals surface area (Å²) >= 11 is 3.21. The second kappa shape index (κ2) is 5.27. The molecule has 2 nitrogen and oxygen atoms in total. The average molecular weight is 249 g/mol. The van der Waals surface area contributed by atoms with E-state index in [1.165, 1.54) is 21.8 Å². The lowest BCUT2D eigenvalue weighted by Gasteiger charge is -2.02. The molecule has 2 aromatic rings. The number of aromatic nitrogens is 1. The molecule has 0 radical (unpaired) electrons. The summed E-state index contributed by atoms with van der Waals surface area (Å²) in [4.78, 5) is 16.7. The second-order valence-corrected chi connectivity index (χ2v) is 5.49. The quantitative estimate of drug-likeness (QED) is 0.613. The average Bonchev–Trinajstić information content (AvgIpc) is 2.76. The molecule has 0 N–H and O–H groups in total. The number of hydrogen-bond acceptors (Lipinski definition) is 4. The number of benzene rings is 1. The van der Waals surface area contributed by atoms with Gasteiger partial charge in [0.1, 0.15) is 5.01 Å². The van der Waals surface area contributed by atoms with Gasteiger partial charge in [0.05, 0.1) is 10.6 Å². The van der Waals surface area contributed by atoms with E-state index in [2.05, 4.69) is 24.0 Å². The minimum atomic E-state index is 0.695. The number of thioether (sulfide) groups is 1. The molecule has 16 heavy (non-hydrogen) atoms. The van der Waals surface area contributed by atoms with E-state index in [-0.39, 0.29) is 0 Å². The van der Waals surface area contributed by atoms with Crippen molar-refractivity contribution in [1.82, 2.24) is 4.98 Å². The minimum absolute atomic E-state index is 0.695. The lowest BCUT2D eigenvalue weighted by Crippen LogP contribution is -1.81. The van der Waals surface area contributed by atoms with E-state index in [1.54, 1.807) is 18.0 Å². The number of carbonyl (C=O) groups is 1. The van der Waals surface area contributed by atoms with E-state index in [4.69, 9.17) is 0 Å². The molecule has 82 valence electrons. The van der Waals surface area contributed by atoms with E-state index < -0.39 is 0 Å². The van der Waals surface area contributed by atoms with Crippen LogP contribution in [0.25, 0.3) is 0 Å². The van der Waals surface area contributed by atoms with Crippen LogP contribution in [-0.2, 0) is 5.75 Å². The van der Waals surface area contributed by atoms with Crippen LogP contribution in [0, 0.1) is 6.92 Å². The van der Waals surface area contributed by atoms with Crippen molar-refractivity contribution < 1.29 is 4.79 Å². The van der Waals surface area contributed by atoms with Crippen molar-refractivity contribution in [3.05, 3.63) is 45.9 Å². The highest BCUT2D eigenvalue weighted by atomic mass is 32.2. The Morgan fingerprint density at radius 3 is 2.94 bits per heavy atom. The van der Waals surface area contributed by atoms with Gasteiger partial charge >= 0.3 is 0 Å². The Morgan fingerprint density at radius 2 is 2.25 bits per heavy atom. The van der Waals surface area contributed by atoms with Gasteiger partial charge in [-0.1, -0.05) is 18.2 Å². The predicted octanol–water partition coefficient (Wildman–Crippen LogP) is 3.56. The van der Waals surface area contributed by atoms with Crippen LogP contribution in [0.4, 0.5) is 0 Å². The van der Waals surface area contributed by atoms with Crippen molar-refractivity contribution in [1.29, 1.82) is 0 Å². The van der Waals surface area contributed by atoms with Gasteiger partial charge in [0.15, 0.2) is 6.29 Å². The van der Waals surface area contributed by atoms with Crippen LogP contribution in [0.5, 0.6) is 0 Å². The molecule has 1 heterocycles. The number of rotatable bonds is 4. The Balaban J connectivity index is 2.02. The highest BCUT2D eigenvalue weighted by Gasteiger charge is 2.03. The first-order valence-corrected chi connectivity index (χ1v) is 6.68. The molecule has 0 aliphatic carbocycles. The molecule has 0 amide bonds. The smallest absolute Gasteiger partial charge is 0.161 e. The lowest BCUT2D eigenvalue weighted by atomic mass is 10.2. The molecule has 0 saturated heterocycles. The Kier molecular flexibility index (Phi) is 3.74. The van der Waals surface area contributed by atoms with Crippen LogP contribution in [0.3, 0.4) is 0 Å². The van der Waals surface area contributed by atoms with Crippen molar-refractivity contribution in [3.63, 3.8) is 0 Å². The van der Waals surface area contributed by atoms with E-state index >= 15 is 0 Å². The van der Waals surface area contributed by atoms with Gasteiger partial charge in [-0.05, 0) is 18.6 Å². The van der Waals surface area contributed by atoms with Gasteiger partial charge in [-0.25, -0.2) is 4.98 Å². The third-order valence-corrected chi connectivity index (χ3v) is 4.42. The van der Waals surface area contributed by atoms with Gasteiger partial charge in [0.2, 0.25) is 0 Å². The predicted molar refractivity (Wildman–Crippen MR) is 68.2 cm³/mol. The van der Waals surface area contributed by atoms with Gasteiger partial charge < -0.3 is 0 Å². The zero-order valence-corrected chi connectivity index (χ0v) is 10.5. The van der Waals surface area contributed by atoms with E-state index in [0.717, 1.165) is 17.0 Å². The summed E-state index contributed by atoms with van der Waals surface area (Å²) in [6.07, 6.45) is 2.48. The molecule has 0 aliphatic heterocycles. The Hall–Kier alpha value is -1.13. The molecule has 0 bridgehead atoms. The van der Waals surface area contributed by atoms with E-state index in [9.17, 15) is 4.79 Å². The summed E-state index contributed by atoms with van der Waals surface area (Å²) in [6, 6.07) is 8.27. The topological polar surface area (TPSA) is 30.0 Å². The van der Waals surface area contributed by atoms with Crippen LogP contribution in [0.15, 0.2) is 35.4 Å². The zero-order valence-electron chi connectivity index (χ0n) is 8.84. The Morgan fingerprint density at radius 1 is 1.44 bits per heavy atom. The van der Waals surface area contributed by atoms with Gasteiger partial charge in [-0.2, -0.15) is 0 Å². The number of thiazole rings is 1. The molecule has 0 spiro atoms. The molecular formula is C12H11NOS2. The summed E-state index contributed by atoms with van der Waals surface area (Å²) < 4.78 is 0. The van der Waals surface area contributed by atoms with Crippen LogP contribution in [0.2, 0.25) is 0 Å². The standard InChI is InChI=1S/C12H11NOS2/c1-9-4-2-3-5-11(9)15-8-12-13-6-10(7-14)16-12/h2-7H,8H2,1H3. The zero-order chi connectivity index (χ0) is 11.4. The monoisotopic (exact) mass is 249 g/mol. The third-order valence-electron chi connectivity index (χ3n) is 2.13. The van der Waals surface area contributed by atoms with Crippen LogP contribution in [0.1, 0.15) is 20.2 Å². The van der Waals surface area contributed by atoms with Crippen molar-refractivity contribution in [2.24, 2.45) is 0 Å². The number of nitrogens with zero attached hydrogens (tertiary/aromatic N) is 1. The fourth-order valence-electron chi connectivity index (χ4n) is 1.30. The van der Waals surface area contributed by atoms with Crippen molar-refractivity contribution >= 4 is 29.4 Å². The molecule has 2 rings (SSSR count). The molecule has 4 heteroatoms. The molecule has 0 saturated carbocycles. The summed E-state index contributed by atoms with van der Waals surface area (Å²) in [5.41, 5.74) is 1.28. The van der Waals surface area contributed by atoms with Crippen LogP contribution < -0.4 is 0 Å². The first-order valence-electron chi connectivity index (χ1n) is 4.88. The number of carbonyl (C=O) groups excluding carboxylic acids is 1. The summed E-state index contributed by atoms with van der Waals surface area (Å²) in [5, 5.41) is 0.996. The maximum Gasteiger partial charge on any atom is 0.161 e. The van der Waals surface area contributed by atoms with Gasteiger partial charge in [0, 0.05) is 11.1 Å². The summed E-state index contributed by atoms with van der Waals surface area (Å²) in [7, 11) is 0. The van der Waals surface area contributed by atoms with E-state index in [1.807, 2.05) is 12.1 Å². The largest absolute Gasteiger partial charge is 0.297 e. The SMILES string of the molecule is Cc1ccccc1SCc1ncc(C=O)s1. The second-order valence-electron chi connectivity index (χ2n) is 3.33. The van der Waals surface area contributed by atoms with Crippen LogP contribution in [-0.4, -0.2) is 11.3 Å². The first kappa shape index (κ1) is 11.4. The minimum Gasteiger partial charge on any atom is -0.297 e. The molecular weight excluding hydrogens is 238 g/mol. The van der Waals surface area contributed by atoms with Gasteiger partial charge in [-0.3, -0.25) is 4.79 Å². The highest BCUT2D eigenvalue weighted by molar-refractivity contribution is 7.98. The fourth-order valence-corrected chi connectivity index (χ4v) is 3.07. The number of hydrogen-bond donors (Lipinski definition) is 0. The number of aldehydes is 1. The summed E-state index contributed by atoms with van der Waals surface area (Å²) in [6.45, 7) is 2.10. The summed E-state index contributed by atoms with van der Waals surface area (Å²) in [5.74, 6) is 0.823. The Labute approximate surface area is 103 Å². The highest BCUT2D eigenvalue weighted by Crippen LogP contribution is 2.27. The van der Waals surface area contributed by atoms with Crippen molar-refractivity contribution in [2.75, 3.05) is 0 Å². The molecule has 0 fully saturated rings. The molecule has 0 aliphatic rings. The van der Waals surface area contributed by atoms with Gasteiger partial charge in [-0.15, -0.1) is 23.1 Å². The molecule has 1 aromatic carbocycles. The van der Waals surface area contributed by atoms with Crippen molar-refractivity contribution in [2.45, 2.75) is 17.6 Å². The van der Waals surface area contributed by atoms with Gasteiger partial charge in [0.25, 0.3) is 0 Å². The molecule has 1 aromatic heterocycles. The lowest BCUT2D eigenvalue weighted by molar-refractivity contribution is 0.112. The maximum absolute atomic E-state index is 10.5. The Bertz CT molecular complexity index is 493. The third kappa shape index (κ3) is 2.71. The maximum atomic E-state index is 10.5. The normalized spacial score (nSPS) is 10.3. The molecule has 0 atom stereocenters. The number of aryl methyl sites for hydroxylation is 1. The van der Waals surface area contributed by atoms with E-state index in [0.29, 0.717) is 4.88 Å². The first-order chi connectivity index (χ1) is 7.79.